The van der Waals surface area contributed by atoms with Crippen LogP contribution in [0.15, 0.2) is 30.5 Å². The molecule has 1 atom stereocenters. The highest BCUT2D eigenvalue weighted by Gasteiger charge is 2.27. The summed E-state index contributed by atoms with van der Waals surface area (Å²) in [6.45, 7) is 0. The van der Waals surface area contributed by atoms with Gasteiger partial charge in [0.15, 0.2) is 5.82 Å². The lowest BCUT2D eigenvalue weighted by molar-refractivity contribution is -0.118. The predicted octanol–water partition coefficient (Wildman–Crippen LogP) is 5.03. The van der Waals surface area contributed by atoms with Gasteiger partial charge in [-0.2, -0.15) is 5.10 Å². The number of nitrogens with zero attached hydrogens (tertiary/aromatic N) is 2. The van der Waals surface area contributed by atoms with E-state index in [1.54, 1.807) is 23.0 Å². The molecule has 1 heterocycles. The minimum Gasteiger partial charge on any atom is -0.309 e. The highest BCUT2D eigenvalue weighted by Crippen LogP contribution is 2.36. The zero-order chi connectivity index (χ0) is 17.1. The smallest absolute Gasteiger partial charge is 0.233 e. The van der Waals surface area contributed by atoms with Gasteiger partial charge in [0.05, 0.1) is 16.0 Å². The van der Waals surface area contributed by atoms with Crippen LogP contribution in [0.25, 0.3) is 0 Å². The van der Waals surface area contributed by atoms with Crippen LogP contribution >= 0.6 is 23.2 Å². The van der Waals surface area contributed by atoms with E-state index in [2.05, 4.69) is 10.4 Å². The lowest BCUT2D eigenvalue weighted by atomic mass is 9.87. The predicted molar refractivity (Wildman–Crippen MR) is 97.6 cm³/mol. The maximum atomic E-state index is 12.9. The summed E-state index contributed by atoms with van der Waals surface area (Å²) in [5.74, 6) is 0.863. The van der Waals surface area contributed by atoms with Gasteiger partial charge < -0.3 is 5.32 Å². The fourth-order valence-electron chi connectivity index (χ4n) is 3.40. The molecule has 1 N–H and O–H groups in total. The fourth-order valence-corrected chi connectivity index (χ4v) is 3.70. The lowest BCUT2D eigenvalue weighted by Gasteiger charge is -2.20. The average molecular weight is 366 g/mol. The van der Waals surface area contributed by atoms with Crippen LogP contribution in [0.5, 0.6) is 0 Å². The Kier molecular flexibility index (Phi) is 5.47. The number of carbonyl (C=O) groups excluding carboxylic acids is 1. The lowest BCUT2D eigenvalue weighted by Crippen LogP contribution is -2.23. The molecule has 0 unspecified atom stereocenters. The van der Waals surface area contributed by atoms with E-state index in [1.807, 2.05) is 19.2 Å². The molecular weight excluding hydrogens is 345 g/mol. The first-order chi connectivity index (χ1) is 11.5. The Bertz CT molecular complexity index is 723. The van der Waals surface area contributed by atoms with Crippen LogP contribution in [0.2, 0.25) is 10.0 Å². The van der Waals surface area contributed by atoms with E-state index < -0.39 is 0 Å². The number of anilines is 1. The molecular formula is C18H21Cl2N3O. The Morgan fingerprint density at radius 2 is 2.04 bits per heavy atom. The van der Waals surface area contributed by atoms with E-state index in [0.29, 0.717) is 21.8 Å². The molecule has 0 aliphatic heterocycles. The summed E-state index contributed by atoms with van der Waals surface area (Å²) in [6, 6.07) is 7.25. The van der Waals surface area contributed by atoms with Crippen molar-refractivity contribution in [1.29, 1.82) is 0 Å². The first-order valence-electron chi connectivity index (χ1n) is 8.28. The third-order valence-electron chi connectivity index (χ3n) is 4.67. The zero-order valence-electron chi connectivity index (χ0n) is 13.6. The van der Waals surface area contributed by atoms with Gasteiger partial charge in [-0.15, -0.1) is 0 Å². The summed E-state index contributed by atoms with van der Waals surface area (Å²) in [5.41, 5.74) is 0.907. The SMILES string of the molecule is Cn1ccc(NC(=O)[C@H](CC2CCCC2)c2ccc(Cl)c(Cl)c2)n1. The number of amides is 1. The Morgan fingerprint density at radius 1 is 1.29 bits per heavy atom. The molecule has 1 saturated carbocycles. The Balaban J connectivity index is 1.82. The van der Waals surface area contributed by atoms with Crippen LogP contribution in [0.4, 0.5) is 5.82 Å². The van der Waals surface area contributed by atoms with E-state index in [0.717, 1.165) is 12.0 Å². The minimum atomic E-state index is -0.245. The molecule has 1 aromatic carbocycles. The van der Waals surface area contributed by atoms with Gasteiger partial charge in [0.1, 0.15) is 0 Å². The minimum absolute atomic E-state index is 0.0426. The molecule has 1 aromatic heterocycles. The molecule has 0 spiro atoms. The summed E-state index contributed by atoms with van der Waals surface area (Å²) < 4.78 is 1.67. The first-order valence-corrected chi connectivity index (χ1v) is 9.04. The maximum Gasteiger partial charge on any atom is 0.233 e. The van der Waals surface area contributed by atoms with Crippen LogP contribution in [0.3, 0.4) is 0 Å². The topological polar surface area (TPSA) is 46.9 Å². The van der Waals surface area contributed by atoms with Crippen molar-refractivity contribution in [3.8, 4) is 0 Å². The average Bonchev–Trinajstić information content (AvgIpc) is 3.19. The maximum absolute atomic E-state index is 12.9. The van der Waals surface area contributed by atoms with Gasteiger partial charge in [-0.1, -0.05) is 55.0 Å². The van der Waals surface area contributed by atoms with Crippen LogP contribution in [0, 0.1) is 5.92 Å². The number of aryl methyl sites for hydroxylation is 1. The standard InChI is InChI=1S/C18H21Cl2N3O/c1-23-9-8-17(22-23)21-18(24)14(10-12-4-2-3-5-12)13-6-7-15(19)16(20)11-13/h6-9,11-12,14H,2-5,10H2,1H3,(H,21,22,24)/t14-/m1/s1. The summed E-state index contributed by atoms with van der Waals surface area (Å²) >= 11 is 12.2. The van der Waals surface area contributed by atoms with E-state index in [1.165, 1.54) is 25.7 Å². The monoisotopic (exact) mass is 365 g/mol. The van der Waals surface area contributed by atoms with Gasteiger partial charge in [0, 0.05) is 19.3 Å². The summed E-state index contributed by atoms with van der Waals surface area (Å²) in [6.07, 6.45) is 7.52. The van der Waals surface area contributed by atoms with Gasteiger partial charge >= 0.3 is 0 Å². The van der Waals surface area contributed by atoms with Gasteiger partial charge in [0.2, 0.25) is 5.91 Å². The van der Waals surface area contributed by atoms with Crippen molar-refractivity contribution in [2.24, 2.45) is 13.0 Å². The normalized spacial score (nSPS) is 16.3. The van der Waals surface area contributed by atoms with Crippen LogP contribution in [-0.4, -0.2) is 15.7 Å². The van der Waals surface area contributed by atoms with E-state index in [9.17, 15) is 4.79 Å². The summed E-state index contributed by atoms with van der Waals surface area (Å²) in [5, 5.41) is 8.14. The molecule has 3 rings (SSSR count). The molecule has 2 aromatic rings. The fraction of sp³-hybridized carbons (Fsp3) is 0.444. The van der Waals surface area contributed by atoms with Crippen molar-refractivity contribution in [3.05, 3.63) is 46.1 Å². The molecule has 1 fully saturated rings. The van der Waals surface area contributed by atoms with Crippen molar-refractivity contribution in [3.63, 3.8) is 0 Å². The van der Waals surface area contributed by atoms with Gasteiger partial charge in [-0.25, -0.2) is 0 Å². The summed E-state index contributed by atoms with van der Waals surface area (Å²) in [7, 11) is 1.82. The molecule has 24 heavy (non-hydrogen) atoms. The third-order valence-corrected chi connectivity index (χ3v) is 5.41. The van der Waals surface area contributed by atoms with Crippen molar-refractivity contribution in [1.82, 2.24) is 9.78 Å². The van der Waals surface area contributed by atoms with Gasteiger partial charge in [-0.3, -0.25) is 9.48 Å². The number of hydrogen-bond acceptors (Lipinski definition) is 2. The number of nitrogens with one attached hydrogen (secondary N) is 1. The molecule has 0 bridgehead atoms. The number of hydrogen-bond donors (Lipinski definition) is 1. The molecule has 4 nitrogen and oxygen atoms in total. The zero-order valence-corrected chi connectivity index (χ0v) is 15.1. The quantitative estimate of drug-likeness (QED) is 0.807. The van der Waals surface area contributed by atoms with E-state index >= 15 is 0 Å². The van der Waals surface area contributed by atoms with Crippen LogP contribution in [-0.2, 0) is 11.8 Å². The number of aromatic nitrogens is 2. The Labute approximate surface area is 152 Å². The largest absolute Gasteiger partial charge is 0.309 e. The second-order valence-corrected chi connectivity index (χ2v) is 7.29. The van der Waals surface area contributed by atoms with Crippen molar-refractivity contribution in [2.45, 2.75) is 38.0 Å². The van der Waals surface area contributed by atoms with E-state index in [-0.39, 0.29) is 11.8 Å². The molecule has 128 valence electrons. The number of rotatable bonds is 5. The molecule has 1 amide bonds. The highest BCUT2D eigenvalue weighted by atomic mass is 35.5. The molecule has 6 heteroatoms. The van der Waals surface area contributed by atoms with Gasteiger partial charge in [0.25, 0.3) is 0 Å². The molecule has 1 aliphatic rings. The number of halogens is 2. The van der Waals surface area contributed by atoms with Gasteiger partial charge in [-0.05, 0) is 30.0 Å². The van der Waals surface area contributed by atoms with Crippen molar-refractivity contribution in [2.75, 3.05) is 5.32 Å². The highest BCUT2D eigenvalue weighted by molar-refractivity contribution is 6.42. The van der Waals surface area contributed by atoms with Crippen molar-refractivity contribution >= 4 is 34.9 Å². The van der Waals surface area contributed by atoms with Crippen molar-refractivity contribution < 1.29 is 4.79 Å². The number of benzene rings is 1. The molecule has 0 saturated heterocycles. The second kappa shape index (κ2) is 7.58. The molecule has 1 aliphatic carbocycles. The number of carbonyl (C=O) groups is 1. The third kappa shape index (κ3) is 4.11. The Morgan fingerprint density at radius 3 is 2.67 bits per heavy atom. The summed E-state index contributed by atoms with van der Waals surface area (Å²) in [4.78, 5) is 12.9. The van der Waals surface area contributed by atoms with Crippen LogP contribution in [0.1, 0.15) is 43.6 Å². The second-order valence-electron chi connectivity index (χ2n) is 6.48. The van der Waals surface area contributed by atoms with E-state index in [4.69, 9.17) is 23.2 Å². The van der Waals surface area contributed by atoms with Crippen LogP contribution < -0.4 is 5.32 Å². The Hall–Kier alpha value is -1.52. The first kappa shape index (κ1) is 17.3. The molecule has 0 radical (unpaired) electrons.